The smallest absolute Gasteiger partial charge is 0.222 e. The molecule has 0 bridgehead atoms. The summed E-state index contributed by atoms with van der Waals surface area (Å²) in [5, 5.41) is 0.806. The van der Waals surface area contributed by atoms with Crippen molar-refractivity contribution in [3.05, 3.63) is 54.1 Å². The molecule has 148 valence electrons. The fourth-order valence-electron chi connectivity index (χ4n) is 4.17. The maximum absolute atomic E-state index is 12.7. The number of carbonyl (C=O) groups is 1. The van der Waals surface area contributed by atoms with Gasteiger partial charge in [-0.3, -0.25) is 4.79 Å². The number of carbonyl (C=O) groups excluding carboxylic acids is 1. The molecule has 0 radical (unpaired) electrons. The number of halogens is 1. The van der Waals surface area contributed by atoms with E-state index in [1.165, 1.54) is 38.0 Å². The Balaban J connectivity index is 0.000000162. The molecule has 0 spiro atoms. The molecule has 2 aromatic heterocycles. The Kier molecular flexibility index (Phi) is 5.74. The fourth-order valence-corrected chi connectivity index (χ4v) is 4.17. The molecule has 1 aliphatic carbocycles. The third kappa shape index (κ3) is 4.26. The van der Waals surface area contributed by atoms with E-state index in [-0.39, 0.29) is 5.82 Å². The van der Waals surface area contributed by atoms with Gasteiger partial charge in [-0.1, -0.05) is 37.8 Å². The Morgan fingerprint density at radius 3 is 2.96 bits per heavy atom. The summed E-state index contributed by atoms with van der Waals surface area (Å²) in [7, 11) is 0. The topological polar surface area (TPSA) is 62.1 Å². The van der Waals surface area contributed by atoms with E-state index in [4.69, 9.17) is 4.42 Å². The van der Waals surface area contributed by atoms with Crippen LogP contribution in [0, 0.1) is 11.7 Å². The highest BCUT2D eigenvalue weighted by Gasteiger charge is 2.23. The van der Waals surface area contributed by atoms with E-state index in [2.05, 4.69) is 9.97 Å². The lowest BCUT2D eigenvalue weighted by atomic mass is 10.0. The molecule has 0 atom stereocenters. The lowest BCUT2D eigenvalue weighted by molar-refractivity contribution is -0.132. The number of nitrogens with one attached hydrogen (secondary N) is 1. The van der Waals surface area contributed by atoms with Crippen LogP contribution in [0.3, 0.4) is 0 Å². The first-order valence-corrected chi connectivity index (χ1v) is 10.1. The van der Waals surface area contributed by atoms with Crippen molar-refractivity contribution in [2.45, 2.75) is 51.5 Å². The quantitative estimate of drug-likeness (QED) is 0.704. The summed E-state index contributed by atoms with van der Waals surface area (Å²) in [6.07, 6.45) is 11.3. The van der Waals surface area contributed by atoms with E-state index in [0.717, 1.165) is 55.0 Å². The number of hydrogen-bond acceptors (Lipinski definition) is 3. The first-order valence-electron chi connectivity index (χ1n) is 10.1. The molecule has 3 aromatic rings. The predicted octanol–water partition coefficient (Wildman–Crippen LogP) is 4.84. The maximum atomic E-state index is 12.7. The normalized spacial score (nSPS) is 16.7. The highest BCUT2D eigenvalue weighted by molar-refractivity contribution is 5.77. The number of aromatic nitrogens is 2. The second-order valence-corrected chi connectivity index (χ2v) is 7.66. The predicted molar refractivity (Wildman–Crippen MR) is 105 cm³/mol. The molecule has 2 aliphatic rings. The highest BCUT2D eigenvalue weighted by Crippen LogP contribution is 2.29. The van der Waals surface area contributed by atoms with Crippen molar-refractivity contribution < 1.29 is 13.6 Å². The Morgan fingerprint density at radius 1 is 1.29 bits per heavy atom. The van der Waals surface area contributed by atoms with Gasteiger partial charge in [-0.05, 0) is 24.5 Å². The van der Waals surface area contributed by atoms with Gasteiger partial charge in [0.05, 0.1) is 30.5 Å². The van der Waals surface area contributed by atoms with Crippen LogP contribution in [0.25, 0.3) is 11.0 Å². The number of hydrogen-bond donors (Lipinski definition) is 1. The zero-order valence-corrected chi connectivity index (χ0v) is 16.0. The largest absolute Gasteiger partial charge is 0.461 e. The number of rotatable bonds is 3. The number of amides is 1. The van der Waals surface area contributed by atoms with Crippen LogP contribution in [0.4, 0.5) is 4.39 Å². The van der Waals surface area contributed by atoms with Crippen molar-refractivity contribution in [2.24, 2.45) is 5.92 Å². The number of para-hydroxylation sites is 1. The van der Waals surface area contributed by atoms with Crippen molar-refractivity contribution in [2.75, 3.05) is 6.54 Å². The summed E-state index contributed by atoms with van der Waals surface area (Å²) >= 11 is 0. The highest BCUT2D eigenvalue weighted by atomic mass is 19.1. The Morgan fingerprint density at radius 2 is 2.14 bits per heavy atom. The van der Waals surface area contributed by atoms with Crippen molar-refractivity contribution in [3.8, 4) is 0 Å². The van der Waals surface area contributed by atoms with Crippen LogP contribution in [-0.2, 0) is 17.8 Å². The van der Waals surface area contributed by atoms with Crippen LogP contribution in [0.15, 0.2) is 41.3 Å². The van der Waals surface area contributed by atoms with Gasteiger partial charge < -0.3 is 14.3 Å². The summed E-state index contributed by atoms with van der Waals surface area (Å²) in [5.41, 5.74) is 2.59. The standard InChI is InChI=1S/C14H21N3O.C8H5FO/c18-14(6-5-11-3-1-2-4-11)17-8-7-12-13(9-17)16-10-15-12;9-7-3-1-2-6-4-5-10-8(6)7/h10-11H,1-9H2,(H,15,16);1-5H. The molecule has 5 nitrogen and oxygen atoms in total. The average Bonchev–Trinajstić information content (AvgIpc) is 3.47. The van der Waals surface area contributed by atoms with Gasteiger partial charge in [0.15, 0.2) is 11.4 Å². The number of H-pyrrole nitrogens is 1. The van der Waals surface area contributed by atoms with Crippen molar-refractivity contribution in [3.63, 3.8) is 0 Å². The Bertz CT molecular complexity index is 927. The minimum atomic E-state index is -0.303. The SMILES string of the molecule is Fc1cccc2ccoc12.O=C(CCC1CCCC1)N1CCc2nc[nH]c2C1. The van der Waals surface area contributed by atoms with E-state index in [1.807, 2.05) is 11.0 Å². The number of furan rings is 1. The molecule has 1 amide bonds. The number of nitrogens with zero attached hydrogens (tertiary/aromatic N) is 2. The summed E-state index contributed by atoms with van der Waals surface area (Å²) < 4.78 is 17.6. The second kappa shape index (κ2) is 8.59. The van der Waals surface area contributed by atoms with Crippen molar-refractivity contribution in [1.82, 2.24) is 14.9 Å². The number of aromatic amines is 1. The number of imidazole rings is 1. The van der Waals surface area contributed by atoms with Gasteiger partial charge >= 0.3 is 0 Å². The average molecular weight is 383 g/mol. The van der Waals surface area contributed by atoms with Gasteiger partial charge in [0, 0.05) is 24.8 Å². The Hall–Kier alpha value is -2.63. The Labute approximate surface area is 163 Å². The van der Waals surface area contributed by atoms with E-state index in [1.54, 1.807) is 18.5 Å². The van der Waals surface area contributed by atoms with E-state index >= 15 is 0 Å². The fraction of sp³-hybridized carbons (Fsp3) is 0.455. The van der Waals surface area contributed by atoms with E-state index in [9.17, 15) is 9.18 Å². The lowest BCUT2D eigenvalue weighted by Gasteiger charge is -2.26. The third-order valence-corrected chi connectivity index (χ3v) is 5.80. The minimum Gasteiger partial charge on any atom is -0.461 e. The molecule has 28 heavy (non-hydrogen) atoms. The van der Waals surface area contributed by atoms with Crippen molar-refractivity contribution >= 4 is 16.9 Å². The number of benzene rings is 1. The monoisotopic (exact) mass is 383 g/mol. The molecule has 5 rings (SSSR count). The van der Waals surface area contributed by atoms with Crippen LogP contribution in [-0.4, -0.2) is 27.3 Å². The minimum absolute atomic E-state index is 0.303. The van der Waals surface area contributed by atoms with Crippen LogP contribution >= 0.6 is 0 Å². The molecule has 0 unspecified atom stereocenters. The molecular weight excluding hydrogens is 357 g/mol. The first-order chi connectivity index (χ1) is 13.7. The van der Waals surface area contributed by atoms with Gasteiger partial charge in [-0.2, -0.15) is 0 Å². The third-order valence-electron chi connectivity index (χ3n) is 5.80. The van der Waals surface area contributed by atoms with Gasteiger partial charge in [0.25, 0.3) is 0 Å². The summed E-state index contributed by atoms with van der Waals surface area (Å²) in [6, 6.07) is 6.58. The molecule has 0 saturated heterocycles. The van der Waals surface area contributed by atoms with Gasteiger partial charge in [0.2, 0.25) is 5.91 Å². The van der Waals surface area contributed by atoms with E-state index < -0.39 is 0 Å². The molecule has 6 heteroatoms. The molecular formula is C22H26FN3O2. The molecule has 1 aliphatic heterocycles. The molecule has 1 N–H and O–H groups in total. The van der Waals surface area contributed by atoms with Gasteiger partial charge in [0.1, 0.15) is 0 Å². The van der Waals surface area contributed by atoms with Crippen LogP contribution < -0.4 is 0 Å². The molecule has 1 fully saturated rings. The number of fused-ring (bicyclic) bond motifs is 2. The van der Waals surface area contributed by atoms with Gasteiger partial charge in [-0.25, -0.2) is 9.37 Å². The van der Waals surface area contributed by atoms with Crippen molar-refractivity contribution in [1.29, 1.82) is 0 Å². The summed E-state index contributed by atoms with van der Waals surface area (Å²) in [5.74, 6) is 0.825. The molecule has 3 heterocycles. The van der Waals surface area contributed by atoms with Crippen LogP contribution in [0.1, 0.15) is 49.9 Å². The van der Waals surface area contributed by atoms with Crippen LogP contribution in [0.2, 0.25) is 0 Å². The maximum Gasteiger partial charge on any atom is 0.222 e. The molecule has 1 aromatic carbocycles. The molecule has 1 saturated carbocycles. The second-order valence-electron chi connectivity index (χ2n) is 7.66. The zero-order valence-electron chi connectivity index (χ0n) is 16.0. The van der Waals surface area contributed by atoms with Gasteiger partial charge in [-0.15, -0.1) is 0 Å². The summed E-state index contributed by atoms with van der Waals surface area (Å²) in [4.78, 5) is 21.6. The first kappa shape index (κ1) is 18.7. The lowest BCUT2D eigenvalue weighted by Crippen LogP contribution is -2.36. The van der Waals surface area contributed by atoms with E-state index in [0.29, 0.717) is 11.5 Å². The summed E-state index contributed by atoms with van der Waals surface area (Å²) in [6.45, 7) is 1.56. The zero-order chi connectivity index (χ0) is 19.3. The van der Waals surface area contributed by atoms with Crippen LogP contribution in [0.5, 0.6) is 0 Å².